The molecule has 0 aromatic heterocycles. The minimum atomic E-state index is 0.105. The van der Waals surface area contributed by atoms with Crippen molar-refractivity contribution in [1.29, 1.82) is 0 Å². The second-order valence-corrected chi connectivity index (χ2v) is 3.65. The van der Waals surface area contributed by atoms with Gasteiger partial charge in [-0.15, -0.1) is 0 Å². The fourth-order valence-electron chi connectivity index (χ4n) is 1.67. The summed E-state index contributed by atoms with van der Waals surface area (Å²) in [5.74, 6) is 0.105. The number of carbonyl (C=O) groups is 1. The number of rotatable bonds is 4. The topological polar surface area (TPSA) is 35.5 Å². The smallest absolute Gasteiger partial charge is 0.155 e. The molecule has 76 valence electrons. The van der Waals surface area contributed by atoms with Crippen molar-refractivity contribution in [3.05, 3.63) is 0 Å². The SMILES string of the molecule is COC1CCC(OCC(C)=O)CC1. The molecule has 1 fully saturated rings. The molecule has 0 aliphatic heterocycles. The van der Waals surface area contributed by atoms with Crippen molar-refractivity contribution < 1.29 is 14.3 Å². The zero-order chi connectivity index (χ0) is 9.68. The molecule has 13 heavy (non-hydrogen) atoms. The Hall–Kier alpha value is -0.410. The average molecular weight is 186 g/mol. The summed E-state index contributed by atoms with van der Waals surface area (Å²) >= 11 is 0. The molecule has 1 rings (SSSR count). The molecule has 3 nitrogen and oxygen atoms in total. The van der Waals surface area contributed by atoms with E-state index < -0.39 is 0 Å². The fraction of sp³-hybridized carbons (Fsp3) is 0.900. The molecule has 1 aliphatic rings. The Morgan fingerprint density at radius 3 is 2.23 bits per heavy atom. The quantitative estimate of drug-likeness (QED) is 0.668. The lowest BCUT2D eigenvalue weighted by molar-refractivity contribution is -0.124. The second kappa shape index (κ2) is 5.35. The van der Waals surface area contributed by atoms with Crippen molar-refractivity contribution in [2.24, 2.45) is 0 Å². The van der Waals surface area contributed by atoms with E-state index >= 15 is 0 Å². The second-order valence-electron chi connectivity index (χ2n) is 3.65. The van der Waals surface area contributed by atoms with Gasteiger partial charge in [0.1, 0.15) is 6.61 Å². The highest BCUT2D eigenvalue weighted by Crippen LogP contribution is 2.22. The van der Waals surface area contributed by atoms with Gasteiger partial charge in [0.25, 0.3) is 0 Å². The third-order valence-electron chi connectivity index (χ3n) is 2.48. The van der Waals surface area contributed by atoms with Crippen molar-refractivity contribution in [2.45, 2.75) is 44.8 Å². The zero-order valence-electron chi connectivity index (χ0n) is 8.41. The Bertz CT molecular complexity index is 160. The summed E-state index contributed by atoms with van der Waals surface area (Å²) in [7, 11) is 1.75. The van der Waals surface area contributed by atoms with E-state index in [4.69, 9.17) is 9.47 Å². The highest BCUT2D eigenvalue weighted by atomic mass is 16.5. The Morgan fingerprint density at radius 1 is 1.23 bits per heavy atom. The summed E-state index contributed by atoms with van der Waals surface area (Å²) in [6, 6.07) is 0. The van der Waals surface area contributed by atoms with Crippen LogP contribution in [-0.4, -0.2) is 31.7 Å². The van der Waals surface area contributed by atoms with E-state index in [1.54, 1.807) is 14.0 Å². The molecule has 3 heteroatoms. The minimum absolute atomic E-state index is 0.105. The van der Waals surface area contributed by atoms with Crippen LogP contribution < -0.4 is 0 Å². The Balaban J connectivity index is 2.14. The summed E-state index contributed by atoms with van der Waals surface area (Å²) in [4.78, 5) is 10.7. The molecule has 0 bridgehead atoms. The van der Waals surface area contributed by atoms with Crippen LogP contribution in [0.15, 0.2) is 0 Å². The first-order valence-corrected chi connectivity index (χ1v) is 4.86. The first-order chi connectivity index (χ1) is 6.22. The number of Topliss-reactive ketones (excluding diaryl/α,β-unsaturated/α-hetero) is 1. The number of ether oxygens (including phenoxy) is 2. The van der Waals surface area contributed by atoms with Crippen LogP contribution in [0, 0.1) is 0 Å². The Labute approximate surface area is 79.4 Å². The van der Waals surface area contributed by atoms with E-state index in [9.17, 15) is 4.79 Å². The van der Waals surface area contributed by atoms with Crippen molar-refractivity contribution >= 4 is 5.78 Å². The minimum Gasteiger partial charge on any atom is -0.381 e. The Kier molecular flexibility index (Phi) is 4.39. The van der Waals surface area contributed by atoms with Gasteiger partial charge in [0, 0.05) is 7.11 Å². The van der Waals surface area contributed by atoms with Gasteiger partial charge in [-0.2, -0.15) is 0 Å². The van der Waals surface area contributed by atoms with Crippen molar-refractivity contribution in [3.8, 4) is 0 Å². The predicted octanol–water partition coefficient (Wildman–Crippen LogP) is 1.55. The number of hydrogen-bond donors (Lipinski definition) is 0. The number of ketones is 1. The summed E-state index contributed by atoms with van der Waals surface area (Å²) in [6.45, 7) is 1.82. The maximum atomic E-state index is 10.7. The Morgan fingerprint density at radius 2 is 1.77 bits per heavy atom. The number of methoxy groups -OCH3 is 1. The zero-order valence-corrected chi connectivity index (χ0v) is 8.41. The van der Waals surface area contributed by atoms with Crippen LogP contribution in [0.2, 0.25) is 0 Å². The van der Waals surface area contributed by atoms with Gasteiger partial charge in [0.05, 0.1) is 12.2 Å². The van der Waals surface area contributed by atoms with Gasteiger partial charge >= 0.3 is 0 Å². The van der Waals surface area contributed by atoms with Crippen LogP contribution in [0.4, 0.5) is 0 Å². The van der Waals surface area contributed by atoms with Gasteiger partial charge in [-0.05, 0) is 32.6 Å². The molecule has 0 heterocycles. The van der Waals surface area contributed by atoms with Crippen LogP contribution in [0.5, 0.6) is 0 Å². The van der Waals surface area contributed by atoms with E-state index in [0.29, 0.717) is 6.10 Å². The molecule has 0 unspecified atom stereocenters. The summed E-state index contributed by atoms with van der Waals surface area (Å²) in [5.41, 5.74) is 0. The highest BCUT2D eigenvalue weighted by molar-refractivity contribution is 5.76. The predicted molar refractivity (Wildman–Crippen MR) is 49.7 cm³/mol. The third-order valence-corrected chi connectivity index (χ3v) is 2.48. The molecule has 0 amide bonds. The third kappa shape index (κ3) is 3.87. The van der Waals surface area contributed by atoms with Crippen LogP contribution in [0.1, 0.15) is 32.6 Å². The van der Waals surface area contributed by atoms with Gasteiger partial charge in [-0.25, -0.2) is 0 Å². The molecule has 1 aliphatic carbocycles. The molecule has 0 spiro atoms. The average Bonchev–Trinajstić information content (AvgIpc) is 2.15. The normalized spacial score (nSPS) is 28.8. The molecular formula is C10H18O3. The number of hydrogen-bond acceptors (Lipinski definition) is 3. The van der Waals surface area contributed by atoms with E-state index in [1.807, 2.05) is 0 Å². The molecule has 1 saturated carbocycles. The number of carbonyl (C=O) groups excluding carboxylic acids is 1. The van der Waals surface area contributed by atoms with Gasteiger partial charge in [0.2, 0.25) is 0 Å². The standard InChI is InChI=1S/C10H18O3/c1-8(11)7-13-10-5-3-9(12-2)4-6-10/h9-10H,3-7H2,1-2H3. The lowest BCUT2D eigenvalue weighted by Crippen LogP contribution is -2.27. The lowest BCUT2D eigenvalue weighted by Gasteiger charge is -2.27. The molecule has 0 radical (unpaired) electrons. The maximum Gasteiger partial charge on any atom is 0.155 e. The molecule has 0 saturated heterocycles. The van der Waals surface area contributed by atoms with E-state index in [-0.39, 0.29) is 18.5 Å². The van der Waals surface area contributed by atoms with Crippen molar-refractivity contribution in [1.82, 2.24) is 0 Å². The summed E-state index contributed by atoms with van der Waals surface area (Å²) in [6.07, 6.45) is 4.82. The van der Waals surface area contributed by atoms with Crippen LogP contribution in [0.25, 0.3) is 0 Å². The van der Waals surface area contributed by atoms with E-state index in [0.717, 1.165) is 25.7 Å². The van der Waals surface area contributed by atoms with Gasteiger partial charge in [-0.1, -0.05) is 0 Å². The first kappa shape index (κ1) is 10.7. The summed E-state index contributed by atoms with van der Waals surface area (Å²) in [5, 5.41) is 0. The molecule has 0 aromatic rings. The first-order valence-electron chi connectivity index (χ1n) is 4.86. The van der Waals surface area contributed by atoms with E-state index in [1.165, 1.54) is 0 Å². The summed E-state index contributed by atoms with van der Waals surface area (Å²) < 4.78 is 10.7. The lowest BCUT2D eigenvalue weighted by atomic mass is 9.95. The fourth-order valence-corrected chi connectivity index (χ4v) is 1.67. The molecule has 0 atom stereocenters. The van der Waals surface area contributed by atoms with Gasteiger partial charge < -0.3 is 9.47 Å². The van der Waals surface area contributed by atoms with Crippen molar-refractivity contribution in [2.75, 3.05) is 13.7 Å². The van der Waals surface area contributed by atoms with Gasteiger partial charge in [0.15, 0.2) is 5.78 Å². The maximum absolute atomic E-state index is 10.7. The monoisotopic (exact) mass is 186 g/mol. The molecule has 0 aromatic carbocycles. The van der Waals surface area contributed by atoms with Crippen LogP contribution in [0.3, 0.4) is 0 Å². The van der Waals surface area contributed by atoms with Crippen molar-refractivity contribution in [3.63, 3.8) is 0 Å². The van der Waals surface area contributed by atoms with Crippen LogP contribution in [-0.2, 0) is 14.3 Å². The van der Waals surface area contributed by atoms with E-state index in [2.05, 4.69) is 0 Å². The largest absolute Gasteiger partial charge is 0.381 e. The van der Waals surface area contributed by atoms with Crippen LogP contribution >= 0.6 is 0 Å². The molecule has 0 N–H and O–H groups in total. The molecular weight excluding hydrogens is 168 g/mol. The highest BCUT2D eigenvalue weighted by Gasteiger charge is 2.21. The van der Waals surface area contributed by atoms with Gasteiger partial charge in [-0.3, -0.25) is 4.79 Å².